The number of anilines is 1. The first-order valence-electron chi connectivity index (χ1n) is 6.15. The average Bonchev–Trinajstić information content (AvgIpc) is 2.50. The Hall–Kier alpha value is -2.76. The number of amides is 2. The fourth-order valence-electron chi connectivity index (χ4n) is 1.65. The number of halogens is 2. The van der Waals surface area contributed by atoms with Gasteiger partial charge in [-0.3, -0.25) is 9.59 Å². The van der Waals surface area contributed by atoms with Crippen LogP contribution in [0.15, 0.2) is 48.5 Å². The van der Waals surface area contributed by atoms with Crippen molar-refractivity contribution in [2.75, 3.05) is 11.9 Å². The highest BCUT2D eigenvalue weighted by atomic mass is 19.2. The molecule has 2 N–H and O–H groups in total. The average molecular weight is 290 g/mol. The van der Waals surface area contributed by atoms with E-state index in [4.69, 9.17) is 0 Å². The van der Waals surface area contributed by atoms with E-state index >= 15 is 0 Å². The number of carbonyl (C=O) groups excluding carboxylic acids is 2. The molecule has 0 spiro atoms. The number of benzene rings is 2. The normalized spacial score (nSPS) is 10.0. The number of carbonyl (C=O) groups is 2. The van der Waals surface area contributed by atoms with E-state index < -0.39 is 23.4 Å². The van der Waals surface area contributed by atoms with Crippen molar-refractivity contribution in [1.29, 1.82) is 0 Å². The second-order valence-electron chi connectivity index (χ2n) is 4.20. The minimum absolute atomic E-state index is 0.269. The Morgan fingerprint density at radius 1 is 0.952 bits per heavy atom. The molecule has 0 aliphatic carbocycles. The predicted octanol–water partition coefficient (Wildman–Crippen LogP) is 2.33. The van der Waals surface area contributed by atoms with Gasteiger partial charge in [0, 0.05) is 5.56 Å². The summed E-state index contributed by atoms with van der Waals surface area (Å²) in [6.07, 6.45) is 0. The number of rotatable bonds is 4. The lowest BCUT2D eigenvalue weighted by Crippen LogP contribution is -2.33. The maximum atomic E-state index is 13.3. The van der Waals surface area contributed by atoms with Gasteiger partial charge in [-0.15, -0.1) is 0 Å². The zero-order valence-corrected chi connectivity index (χ0v) is 10.9. The second kappa shape index (κ2) is 6.60. The van der Waals surface area contributed by atoms with Gasteiger partial charge in [0.25, 0.3) is 5.91 Å². The summed E-state index contributed by atoms with van der Waals surface area (Å²) in [5.41, 5.74) is 0.135. The molecule has 0 radical (unpaired) electrons. The molecular formula is C15H12F2N2O2. The third-order valence-electron chi connectivity index (χ3n) is 2.67. The summed E-state index contributed by atoms with van der Waals surface area (Å²) in [7, 11) is 0. The van der Waals surface area contributed by atoms with Crippen molar-refractivity contribution in [1.82, 2.24) is 5.32 Å². The Morgan fingerprint density at radius 2 is 1.67 bits per heavy atom. The summed E-state index contributed by atoms with van der Waals surface area (Å²) >= 11 is 0. The van der Waals surface area contributed by atoms with E-state index in [1.165, 1.54) is 12.1 Å². The minimum atomic E-state index is -1.14. The number of hydrogen-bond donors (Lipinski definition) is 2. The zero-order valence-electron chi connectivity index (χ0n) is 10.9. The van der Waals surface area contributed by atoms with Crippen LogP contribution in [-0.4, -0.2) is 18.4 Å². The summed E-state index contributed by atoms with van der Waals surface area (Å²) < 4.78 is 26.3. The van der Waals surface area contributed by atoms with Crippen LogP contribution in [0.4, 0.5) is 14.5 Å². The van der Waals surface area contributed by atoms with Gasteiger partial charge in [-0.2, -0.15) is 0 Å². The molecule has 6 heteroatoms. The minimum Gasteiger partial charge on any atom is -0.343 e. The number of nitrogens with one attached hydrogen (secondary N) is 2. The van der Waals surface area contributed by atoms with E-state index in [0.717, 1.165) is 6.07 Å². The molecule has 0 aliphatic heterocycles. The molecule has 0 saturated heterocycles. The summed E-state index contributed by atoms with van der Waals surface area (Å²) in [5.74, 6) is -3.27. The third-order valence-corrected chi connectivity index (χ3v) is 2.67. The third kappa shape index (κ3) is 3.85. The first kappa shape index (κ1) is 14.6. The Labute approximate surface area is 119 Å². The molecule has 108 valence electrons. The van der Waals surface area contributed by atoms with Gasteiger partial charge in [-0.25, -0.2) is 8.78 Å². The molecule has 0 unspecified atom stereocenters. The molecule has 4 nitrogen and oxygen atoms in total. The van der Waals surface area contributed by atoms with Crippen LogP contribution in [0.2, 0.25) is 0 Å². The highest BCUT2D eigenvalue weighted by Gasteiger charge is 2.12. The molecule has 0 aliphatic rings. The molecule has 0 heterocycles. The molecule has 2 aromatic rings. The van der Waals surface area contributed by atoms with Gasteiger partial charge in [0.2, 0.25) is 5.91 Å². The van der Waals surface area contributed by atoms with Crippen LogP contribution < -0.4 is 10.6 Å². The molecule has 0 fully saturated rings. The second-order valence-corrected chi connectivity index (χ2v) is 4.20. The standard InChI is InChI=1S/C15H12F2N2O2/c16-11-7-4-8-12(14(11)17)19-13(20)9-18-15(21)10-5-2-1-3-6-10/h1-8H,9H2,(H,18,21)(H,19,20). The van der Waals surface area contributed by atoms with E-state index in [1.54, 1.807) is 30.3 Å². The molecule has 0 atom stereocenters. The summed E-state index contributed by atoms with van der Waals surface area (Å²) in [4.78, 5) is 23.3. The van der Waals surface area contributed by atoms with Crippen LogP contribution >= 0.6 is 0 Å². The van der Waals surface area contributed by atoms with E-state index in [9.17, 15) is 18.4 Å². The van der Waals surface area contributed by atoms with E-state index in [-0.39, 0.29) is 12.2 Å². The van der Waals surface area contributed by atoms with E-state index in [1.807, 2.05) is 0 Å². The Balaban J connectivity index is 1.91. The quantitative estimate of drug-likeness (QED) is 0.908. The maximum absolute atomic E-state index is 13.3. The summed E-state index contributed by atoms with van der Waals surface area (Å²) in [5, 5.41) is 4.58. The summed E-state index contributed by atoms with van der Waals surface area (Å²) in [6, 6.07) is 11.8. The molecule has 0 bridgehead atoms. The largest absolute Gasteiger partial charge is 0.343 e. The van der Waals surface area contributed by atoms with Gasteiger partial charge in [0.1, 0.15) is 0 Å². The first-order chi connectivity index (χ1) is 10.1. The first-order valence-corrected chi connectivity index (χ1v) is 6.15. The zero-order chi connectivity index (χ0) is 15.2. The van der Waals surface area contributed by atoms with E-state index in [0.29, 0.717) is 5.56 Å². The van der Waals surface area contributed by atoms with E-state index in [2.05, 4.69) is 10.6 Å². The fraction of sp³-hybridized carbons (Fsp3) is 0.0667. The monoisotopic (exact) mass is 290 g/mol. The maximum Gasteiger partial charge on any atom is 0.251 e. The van der Waals surface area contributed by atoms with Crippen molar-refractivity contribution < 1.29 is 18.4 Å². The Kier molecular flexibility index (Phi) is 4.61. The van der Waals surface area contributed by atoms with Crippen LogP contribution in [0, 0.1) is 11.6 Å². The Bertz CT molecular complexity index is 660. The van der Waals surface area contributed by atoms with Crippen LogP contribution in [0.25, 0.3) is 0 Å². The smallest absolute Gasteiger partial charge is 0.251 e. The van der Waals surface area contributed by atoms with Crippen molar-refractivity contribution in [2.24, 2.45) is 0 Å². The lowest BCUT2D eigenvalue weighted by molar-refractivity contribution is -0.115. The van der Waals surface area contributed by atoms with Crippen molar-refractivity contribution in [2.45, 2.75) is 0 Å². The molecule has 2 amide bonds. The Morgan fingerprint density at radius 3 is 2.38 bits per heavy atom. The van der Waals surface area contributed by atoms with Gasteiger partial charge in [0.15, 0.2) is 11.6 Å². The van der Waals surface area contributed by atoms with Crippen molar-refractivity contribution in [3.8, 4) is 0 Å². The molecule has 0 saturated carbocycles. The fourth-order valence-corrected chi connectivity index (χ4v) is 1.65. The number of hydrogen-bond acceptors (Lipinski definition) is 2. The highest BCUT2D eigenvalue weighted by molar-refractivity contribution is 5.99. The van der Waals surface area contributed by atoms with Crippen molar-refractivity contribution in [3.05, 3.63) is 65.7 Å². The van der Waals surface area contributed by atoms with Gasteiger partial charge >= 0.3 is 0 Å². The molecule has 21 heavy (non-hydrogen) atoms. The van der Waals surface area contributed by atoms with Crippen LogP contribution in [0.5, 0.6) is 0 Å². The SMILES string of the molecule is O=C(CNC(=O)c1ccccc1)Nc1cccc(F)c1F. The van der Waals surface area contributed by atoms with Crippen LogP contribution in [-0.2, 0) is 4.79 Å². The topological polar surface area (TPSA) is 58.2 Å². The van der Waals surface area contributed by atoms with Crippen LogP contribution in [0.3, 0.4) is 0 Å². The van der Waals surface area contributed by atoms with Gasteiger partial charge < -0.3 is 10.6 Å². The van der Waals surface area contributed by atoms with Crippen LogP contribution in [0.1, 0.15) is 10.4 Å². The van der Waals surface area contributed by atoms with Crippen molar-refractivity contribution in [3.63, 3.8) is 0 Å². The van der Waals surface area contributed by atoms with Crippen molar-refractivity contribution >= 4 is 17.5 Å². The predicted molar refractivity (Wildman–Crippen MR) is 73.8 cm³/mol. The molecule has 2 rings (SSSR count). The summed E-state index contributed by atoms with van der Waals surface area (Å²) in [6.45, 7) is -0.344. The van der Waals surface area contributed by atoms with Gasteiger partial charge in [-0.05, 0) is 24.3 Å². The lowest BCUT2D eigenvalue weighted by atomic mass is 10.2. The molecular weight excluding hydrogens is 278 g/mol. The molecule has 0 aromatic heterocycles. The highest BCUT2D eigenvalue weighted by Crippen LogP contribution is 2.16. The van der Waals surface area contributed by atoms with Gasteiger partial charge in [0.05, 0.1) is 12.2 Å². The lowest BCUT2D eigenvalue weighted by Gasteiger charge is -2.08. The van der Waals surface area contributed by atoms with Gasteiger partial charge in [-0.1, -0.05) is 24.3 Å². The molecule has 2 aromatic carbocycles.